The summed E-state index contributed by atoms with van der Waals surface area (Å²) in [7, 11) is 1.54. The van der Waals surface area contributed by atoms with Crippen molar-refractivity contribution < 1.29 is 9.63 Å². The standard InChI is InChI=1S/C24H15N3O2S/c1-29-27-21-13-18(15-26)17(14-25)12-20(21)19(24(27)16-6-3-2-4-7-16)9-10-22(28)23-8-5-11-30-23/h2-13H,1H3/b10-9+. The van der Waals surface area contributed by atoms with Crippen molar-refractivity contribution in [2.45, 2.75) is 0 Å². The summed E-state index contributed by atoms with van der Waals surface area (Å²) in [6.07, 6.45) is 3.27. The maximum absolute atomic E-state index is 12.6. The average molecular weight is 409 g/mol. The minimum Gasteiger partial charge on any atom is -0.416 e. The fraction of sp³-hybridized carbons (Fsp3) is 0.0417. The minimum absolute atomic E-state index is 0.100. The van der Waals surface area contributed by atoms with Crippen LogP contribution in [0.5, 0.6) is 0 Å². The van der Waals surface area contributed by atoms with Gasteiger partial charge in [-0.2, -0.15) is 15.3 Å². The van der Waals surface area contributed by atoms with Gasteiger partial charge in [-0.3, -0.25) is 4.79 Å². The number of benzene rings is 2. The first-order valence-corrected chi connectivity index (χ1v) is 9.94. The molecule has 4 aromatic rings. The van der Waals surface area contributed by atoms with Gasteiger partial charge in [0.1, 0.15) is 19.2 Å². The zero-order chi connectivity index (χ0) is 21.1. The van der Waals surface area contributed by atoms with Crippen molar-refractivity contribution >= 4 is 34.1 Å². The molecule has 0 unspecified atom stereocenters. The highest BCUT2D eigenvalue weighted by atomic mass is 32.1. The van der Waals surface area contributed by atoms with E-state index >= 15 is 0 Å². The SMILES string of the molecule is COn1c(-c2ccccc2)c(/C=C/C(=O)c2cccs2)c2cc(C#N)c(C#N)cc21. The molecule has 0 aliphatic rings. The lowest BCUT2D eigenvalue weighted by molar-refractivity contribution is 0.105. The topological polar surface area (TPSA) is 78.8 Å². The summed E-state index contributed by atoms with van der Waals surface area (Å²) in [6, 6.07) is 20.7. The van der Waals surface area contributed by atoms with Gasteiger partial charge in [0.2, 0.25) is 0 Å². The molecule has 0 aliphatic heterocycles. The fourth-order valence-corrected chi connectivity index (χ4v) is 4.05. The third kappa shape index (κ3) is 3.26. The molecule has 0 fully saturated rings. The van der Waals surface area contributed by atoms with Gasteiger partial charge in [-0.1, -0.05) is 36.4 Å². The maximum atomic E-state index is 12.6. The summed E-state index contributed by atoms with van der Waals surface area (Å²) in [5.41, 5.74) is 3.56. The Kier molecular flexibility index (Phi) is 5.17. The van der Waals surface area contributed by atoms with Crippen molar-refractivity contribution in [1.82, 2.24) is 4.73 Å². The number of hydrogen-bond acceptors (Lipinski definition) is 5. The van der Waals surface area contributed by atoms with E-state index < -0.39 is 0 Å². The number of nitrogens with zero attached hydrogens (tertiary/aromatic N) is 3. The summed E-state index contributed by atoms with van der Waals surface area (Å²) in [5, 5.41) is 21.5. The molecule has 0 spiro atoms. The van der Waals surface area contributed by atoms with Gasteiger partial charge in [-0.25, -0.2) is 0 Å². The lowest BCUT2D eigenvalue weighted by atomic mass is 10.0. The molecule has 6 heteroatoms. The number of rotatable bonds is 5. The highest BCUT2D eigenvalue weighted by Gasteiger charge is 2.20. The molecule has 0 amide bonds. The molecule has 4 rings (SSSR count). The predicted molar refractivity (Wildman–Crippen MR) is 117 cm³/mol. The van der Waals surface area contributed by atoms with Crippen LogP contribution in [0, 0.1) is 22.7 Å². The van der Waals surface area contributed by atoms with Crippen molar-refractivity contribution in [1.29, 1.82) is 10.5 Å². The maximum Gasteiger partial charge on any atom is 0.195 e. The second-order valence-electron chi connectivity index (χ2n) is 6.42. The van der Waals surface area contributed by atoms with Crippen molar-refractivity contribution in [3.05, 3.63) is 87.6 Å². The number of aromatic nitrogens is 1. The molecule has 144 valence electrons. The van der Waals surface area contributed by atoms with Crippen LogP contribution >= 0.6 is 11.3 Å². The van der Waals surface area contributed by atoms with Crippen LogP contribution in [0.15, 0.2) is 66.1 Å². The molecule has 5 nitrogen and oxygen atoms in total. The number of hydrogen-bond donors (Lipinski definition) is 0. The Morgan fingerprint density at radius 3 is 2.43 bits per heavy atom. The van der Waals surface area contributed by atoms with E-state index in [1.165, 1.54) is 17.4 Å². The summed E-state index contributed by atoms with van der Waals surface area (Å²) in [4.78, 5) is 18.9. The molecule has 30 heavy (non-hydrogen) atoms. The van der Waals surface area contributed by atoms with Gasteiger partial charge in [0, 0.05) is 16.5 Å². The lowest BCUT2D eigenvalue weighted by Crippen LogP contribution is -2.07. The van der Waals surface area contributed by atoms with Gasteiger partial charge in [0.15, 0.2) is 5.78 Å². The average Bonchev–Trinajstić information content (AvgIpc) is 3.43. The largest absolute Gasteiger partial charge is 0.416 e. The molecule has 0 saturated carbocycles. The number of carbonyl (C=O) groups excluding carboxylic acids is 1. The van der Waals surface area contributed by atoms with E-state index in [0.717, 1.165) is 22.2 Å². The van der Waals surface area contributed by atoms with Crippen LogP contribution in [0.25, 0.3) is 28.2 Å². The minimum atomic E-state index is -0.100. The van der Waals surface area contributed by atoms with Crippen LogP contribution in [0.4, 0.5) is 0 Å². The Morgan fingerprint density at radius 2 is 1.80 bits per heavy atom. The normalized spacial score (nSPS) is 10.8. The Morgan fingerprint density at radius 1 is 1.07 bits per heavy atom. The number of fused-ring (bicyclic) bond motifs is 1. The van der Waals surface area contributed by atoms with Crippen LogP contribution in [-0.4, -0.2) is 17.6 Å². The van der Waals surface area contributed by atoms with Crippen LogP contribution in [0.2, 0.25) is 0 Å². The molecular formula is C24H15N3O2S. The van der Waals surface area contributed by atoms with Crippen molar-refractivity contribution in [3.63, 3.8) is 0 Å². The van der Waals surface area contributed by atoms with Crippen molar-refractivity contribution in [3.8, 4) is 23.4 Å². The molecule has 2 aromatic heterocycles. The molecule has 0 atom stereocenters. The van der Waals surface area contributed by atoms with E-state index in [1.54, 1.807) is 36.1 Å². The Balaban J connectivity index is 2.02. The van der Waals surface area contributed by atoms with Gasteiger partial charge in [0.25, 0.3) is 0 Å². The summed E-state index contributed by atoms with van der Waals surface area (Å²) < 4.78 is 1.63. The van der Waals surface area contributed by atoms with Gasteiger partial charge in [0.05, 0.1) is 27.2 Å². The monoisotopic (exact) mass is 409 g/mol. The molecule has 0 saturated heterocycles. The van der Waals surface area contributed by atoms with E-state index in [0.29, 0.717) is 10.4 Å². The molecule has 0 bridgehead atoms. The molecule has 0 aliphatic carbocycles. The second kappa shape index (κ2) is 8.08. The van der Waals surface area contributed by atoms with Crippen molar-refractivity contribution in [2.75, 3.05) is 7.11 Å². The Bertz CT molecular complexity index is 1350. The van der Waals surface area contributed by atoms with Crippen LogP contribution in [0.1, 0.15) is 26.4 Å². The highest BCUT2D eigenvalue weighted by Crippen LogP contribution is 2.35. The number of ketones is 1. The molecule has 0 N–H and O–H groups in total. The number of allylic oxidation sites excluding steroid dienone is 1. The third-order valence-electron chi connectivity index (χ3n) is 4.74. The fourth-order valence-electron chi connectivity index (χ4n) is 3.40. The Labute approximate surface area is 177 Å². The van der Waals surface area contributed by atoms with Gasteiger partial charge < -0.3 is 4.84 Å². The number of nitriles is 2. The highest BCUT2D eigenvalue weighted by molar-refractivity contribution is 7.12. The summed E-state index contributed by atoms with van der Waals surface area (Å²) >= 11 is 1.38. The summed E-state index contributed by atoms with van der Waals surface area (Å²) in [6.45, 7) is 0. The smallest absolute Gasteiger partial charge is 0.195 e. The molecule has 2 aromatic carbocycles. The van der Waals surface area contributed by atoms with Crippen LogP contribution in [0.3, 0.4) is 0 Å². The number of thiophene rings is 1. The van der Waals surface area contributed by atoms with Crippen LogP contribution < -0.4 is 4.84 Å². The summed E-state index contributed by atoms with van der Waals surface area (Å²) in [5.74, 6) is -0.100. The number of carbonyl (C=O) groups is 1. The van der Waals surface area contributed by atoms with E-state index in [2.05, 4.69) is 12.1 Å². The molecule has 2 heterocycles. The van der Waals surface area contributed by atoms with E-state index in [4.69, 9.17) is 4.84 Å². The van der Waals surface area contributed by atoms with Crippen LogP contribution in [-0.2, 0) is 0 Å². The zero-order valence-corrected chi connectivity index (χ0v) is 16.8. The predicted octanol–water partition coefficient (Wildman–Crippen LogP) is 5.07. The lowest BCUT2D eigenvalue weighted by Gasteiger charge is -2.09. The first-order chi connectivity index (χ1) is 14.7. The zero-order valence-electron chi connectivity index (χ0n) is 16.0. The third-order valence-corrected chi connectivity index (χ3v) is 5.62. The van der Waals surface area contributed by atoms with E-state index in [-0.39, 0.29) is 16.9 Å². The quantitative estimate of drug-likeness (QED) is 0.341. The van der Waals surface area contributed by atoms with Gasteiger partial charge in [-0.05, 0) is 35.7 Å². The first kappa shape index (κ1) is 19.2. The molecule has 0 radical (unpaired) electrons. The Hall–Kier alpha value is -4.13. The second-order valence-corrected chi connectivity index (χ2v) is 7.37. The van der Waals surface area contributed by atoms with Gasteiger partial charge >= 0.3 is 0 Å². The van der Waals surface area contributed by atoms with Gasteiger partial charge in [-0.15, -0.1) is 11.3 Å². The first-order valence-electron chi connectivity index (χ1n) is 9.06. The van der Waals surface area contributed by atoms with Crippen molar-refractivity contribution in [2.24, 2.45) is 0 Å². The molecular weight excluding hydrogens is 394 g/mol. The van der Waals surface area contributed by atoms with E-state index in [1.807, 2.05) is 41.8 Å². The van der Waals surface area contributed by atoms with E-state index in [9.17, 15) is 15.3 Å².